The molecule has 21 heavy (non-hydrogen) atoms. The van der Waals surface area contributed by atoms with E-state index in [0.717, 1.165) is 44.8 Å². The van der Waals surface area contributed by atoms with E-state index in [2.05, 4.69) is 25.3 Å². The maximum absolute atomic E-state index is 11.4. The summed E-state index contributed by atoms with van der Waals surface area (Å²) in [6.07, 6.45) is 2.02. The largest absolute Gasteiger partial charge is 0.390 e. The Hall–Kier alpha value is -1.73. The van der Waals surface area contributed by atoms with Crippen molar-refractivity contribution in [2.24, 2.45) is 0 Å². The van der Waals surface area contributed by atoms with Crippen molar-refractivity contribution in [1.29, 1.82) is 0 Å². The molecule has 0 bridgehead atoms. The first-order chi connectivity index (χ1) is 10.2. The molecule has 0 radical (unpaired) electrons. The molecule has 0 unspecified atom stereocenters. The van der Waals surface area contributed by atoms with Crippen molar-refractivity contribution in [3.63, 3.8) is 0 Å². The van der Waals surface area contributed by atoms with Gasteiger partial charge in [-0.15, -0.1) is 10.2 Å². The number of rotatable bonds is 3. The number of anilines is 1. The summed E-state index contributed by atoms with van der Waals surface area (Å²) in [5.74, 6) is 0.605. The highest BCUT2D eigenvalue weighted by Gasteiger charge is 2.33. The Labute approximate surface area is 124 Å². The predicted octanol–water partition coefficient (Wildman–Crippen LogP) is -0.518. The second-order valence-corrected chi connectivity index (χ2v) is 5.68. The van der Waals surface area contributed by atoms with Crippen LogP contribution >= 0.6 is 0 Å². The van der Waals surface area contributed by atoms with Gasteiger partial charge in [0.25, 0.3) is 5.91 Å². The van der Waals surface area contributed by atoms with E-state index in [1.807, 2.05) is 6.07 Å². The van der Waals surface area contributed by atoms with Gasteiger partial charge in [0, 0.05) is 39.3 Å². The second-order valence-electron chi connectivity index (χ2n) is 5.68. The first-order valence-electron chi connectivity index (χ1n) is 7.40. The Kier molecular flexibility index (Phi) is 4.03. The van der Waals surface area contributed by atoms with Crippen LogP contribution in [0.2, 0.25) is 0 Å². The molecule has 0 atom stereocenters. The van der Waals surface area contributed by atoms with Crippen LogP contribution in [0.4, 0.5) is 5.82 Å². The molecule has 2 aliphatic rings. The molecular weight excluding hydrogens is 270 g/mol. The lowest BCUT2D eigenvalue weighted by molar-refractivity contribution is -0.0301. The molecule has 1 aromatic rings. The van der Waals surface area contributed by atoms with Gasteiger partial charge in [-0.2, -0.15) is 0 Å². The number of hydrogen-bond donors (Lipinski definition) is 2. The number of nitrogens with one attached hydrogen (secondary N) is 1. The van der Waals surface area contributed by atoms with Crippen LogP contribution in [0.1, 0.15) is 23.3 Å². The summed E-state index contributed by atoms with van der Waals surface area (Å²) in [7, 11) is 1.58. The summed E-state index contributed by atoms with van der Waals surface area (Å²) in [5.41, 5.74) is 0.339. The lowest BCUT2D eigenvalue weighted by atomic mass is 9.98. The number of β-amino-alcohol motifs (C(OH)–C–C–N with tert-alkyl or cyclic N) is 1. The quantitative estimate of drug-likeness (QED) is 0.780. The molecule has 7 nitrogen and oxygen atoms in total. The number of carbonyl (C=O) groups is 1. The minimum Gasteiger partial charge on any atom is -0.390 e. The first-order valence-corrected chi connectivity index (χ1v) is 7.40. The van der Waals surface area contributed by atoms with E-state index in [-0.39, 0.29) is 12.0 Å². The third-order valence-corrected chi connectivity index (χ3v) is 4.31. The van der Waals surface area contributed by atoms with Crippen molar-refractivity contribution in [2.75, 3.05) is 38.1 Å². The average molecular weight is 291 g/mol. The standard InChI is InChI=1S/C14H21N5O2/c1-15-14(21)12-2-3-13(17-16-12)18-6-4-10(5-7-18)19-8-11(20)9-19/h2-3,10-11,20H,4-9H2,1H3,(H,15,21). The van der Waals surface area contributed by atoms with Gasteiger partial charge >= 0.3 is 0 Å². The van der Waals surface area contributed by atoms with Gasteiger partial charge in [-0.25, -0.2) is 0 Å². The highest BCUT2D eigenvalue weighted by atomic mass is 16.3. The molecule has 2 aliphatic heterocycles. The van der Waals surface area contributed by atoms with Crippen LogP contribution in [0.25, 0.3) is 0 Å². The number of piperidine rings is 1. The summed E-state index contributed by atoms with van der Waals surface area (Å²) in [6, 6.07) is 4.13. The van der Waals surface area contributed by atoms with Crippen LogP contribution in [-0.4, -0.2) is 71.5 Å². The van der Waals surface area contributed by atoms with Crippen LogP contribution in [0.5, 0.6) is 0 Å². The highest BCUT2D eigenvalue weighted by molar-refractivity contribution is 5.91. The minimum absolute atomic E-state index is 0.133. The first kappa shape index (κ1) is 14.2. The highest BCUT2D eigenvalue weighted by Crippen LogP contribution is 2.24. The van der Waals surface area contributed by atoms with Gasteiger partial charge in [-0.3, -0.25) is 9.69 Å². The molecule has 1 amide bonds. The van der Waals surface area contributed by atoms with Gasteiger partial charge in [0.05, 0.1) is 6.10 Å². The number of aromatic nitrogens is 2. The monoisotopic (exact) mass is 291 g/mol. The molecule has 2 fully saturated rings. The minimum atomic E-state index is -0.218. The maximum Gasteiger partial charge on any atom is 0.271 e. The van der Waals surface area contributed by atoms with Crippen molar-refractivity contribution < 1.29 is 9.90 Å². The summed E-state index contributed by atoms with van der Waals surface area (Å²) < 4.78 is 0. The number of amides is 1. The molecule has 114 valence electrons. The summed E-state index contributed by atoms with van der Waals surface area (Å²) in [4.78, 5) is 16.0. The van der Waals surface area contributed by atoms with Crippen LogP contribution < -0.4 is 10.2 Å². The molecule has 0 aliphatic carbocycles. The third-order valence-electron chi connectivity index (χ3n) is 4.31. The van der Waals surface area contributed by atoms with Crippen molar-refractivity contribution in [2.45, 2.75) is 25.0 Å². The average Bonchev–Trinajstić information content (AvgIpc) is 2.51. The van der Waals surface area contributed by atoms with Crippen LogP contribution in [0, 0.1) is 0 Å². The summed E-state index contributed by atoms with van der Waals surface area (Å²) in [5, 5.41) is 20.0. The fourth-order valence-corrected chi connectivity index (χ4v) is 2.99. The Balaban J connectivity index is 1.55. The molecular formula is C14H21N5O2. The van der Waals surface area contributed by atoms with Crippen molar-refractivity contribution in [1.82, 2.24) is 20.4 Å². The molecule has 0 spiro atoms. The second kappa shape index (κ2) is 5.95. The molecule has 2 N–H and O–H groups in total. The molecule has 3 rings (SSSR count). The third kappa shape index (κ3) is 2.98. The van der Waals surface area contributed by atoms with Gasteiger partial charge < -0.3 is 15.3 Å². The topological polar surface area (TPSA) is 81.6 Å². The lowest BCUT2D eigenvalue weighted by Gasteiger charge is -2.45. The van der Waals surface area contributed by atoms with Crippen molar-refractivity contribution in [3.8, 4) is 0 Å². The van der Waals surface area contributed by atoms with Gasteiger partial charge in [-0.05, 0) is 25.0 Å². The van der Waals surface area contributed by atoms with Crippen LogP contribution in [0.15, 0.2) is 12.1 Å². The maximum atomic E-state index is 11.4. The Morgan fingerprint density at radius 1 is 1.29 bits per heavy atom. The summed E-state index contributed by atoms with van der Waals surface area (Å²) in [6.45, 7) is 3.49. The number of aliphatic hydroxyl groups excluding tert-OH is 1. The summed E-state index contributed by atoms with van der Waals surface area (Å²) >= 11 is 0. The number of hydrogen-bond acceptors (Lipinski definition) is 6. The zero-order valence-corrected chi connectivity index (χ0v) is 12.2. The van der Waals surface area contributed by atoms with E-state index in [1.165, 1.54) is 0 Å². The molecule has 3 heterocycles. The zero-order valence-electron chi connectivity index (χ0n) is 12.2. The van der Waals surface area contributed by atoms with Crippen molar-refractivity contribution >= 4 is 11.7 Å². The fraction of sp³-hybridized carbons (Fsp3) is 0.643. The zero-order chi connectivity index (χ0) is 14.8. The van der Waals surface area contributed by atoms with E-state index in [1.54, 1.807) is 13.1 Å². The number of nitrogens with zero attached hydrogens (tertiary/aromatic N) is 4. The molecule has 0 aromatic carbocycles. The number of likely N-dealkylation sites (tertiary alicyclic amines) is 1. The normalized spacial score (nSPS) is 21.1. The lowest BCUT2D eigenvalue weighted by Crippen LogP contribution is -2.57. The van der Waals surface area contributed by atoms with E-state index < -0.39 is 0 Å². The molecule has 1 aromatic heterocycles. The Bertz CT molecular complexity index is 493. The van der Waals surface area contributed by atoms with Crippen LogP contribution in [-0.2, 0) is 0 Å². The molecule has 2 saturated heterocycles. The Morgan fingerprint density at radius 3 is 2.52 bits per heavy atom. The van der Waals surface area contributed by atoms with E-state index in [4.69, 9.17) is 0 Å². The molecule has 7 heteroatoms. The predicted molar refractivity (Wildman–Crippen MR) is 78.2 cm³/mol. The van der Waals surface area contributed by atoms with Gasteiger partial charge in [0.15, 0.2) is 11.5 Å². The van der Waals surface area contributed by atoms with Crippen molar-refractivity contribution in [3.05, 3.63) is 17.8 Å². The smallest absolute Gasteiger partial charge is 0.271 e. The van der Waals surface area contributed by atoms with Gasteiger partial charge in [0.1, 0.15) is 0 Å². The van der Waals surface area contributed by atoms with E-state index in [9.17, 15) is 9.90 Å². The fourth-order valence-electron chi connectivity index (χ4n) is 2.99. The van der Waals surface area contributed by atoms with E-state index in [0.29, 0.717) is 11.7 Å². The Morgan fingerprint density at radius 2 is 2.00 bits per heavy atom. The SMILES string of the molecule is CNC(=O)c1ccc(N2CCC(N3CC(O)C3)CC2)nn1. The van der Waals surface area contributed by atoms with Crippen LogP contribution in [0.3, 0.4) is 0 Å². The number of aliphatic hydroxyl groups is 1. The van der Waals surface area contributed by atoms with Gasteiger partial charge in [0.2, 0.25) is 0 Å². The van der Waals surface area contributed by atoms with E-state index >= 15 is 0 Å². The van der Waals surface area contributed by atoms with Gasteiger partial charge in [-0.1, -0.05) is 0 Å². The number of carbonyl (C=O) groups excluding carboxylic acids is 1. The molecule has 0 saturated carbocycles.